The lowest BCUT2D eigenvalue weighted by Gasteiger charge is -2.20. The summed E-state index contributed by atoms with van der Waals surface area (Å²) in [6.45, 7) is 2.67. The number of hydrogen-bond donors (Lipinski definition) is 1. The Balaban J connectivity index is 1.62. The molecule has 4 rings (SSSR count). The minimum Gasteiger partial charge on any atom is -0.496 e. The van der Waals surface area contributed by atoms with Crippen LogP contribution in [0.25, 0.3) is 0 Å². The summed E-state index contributed by atoms with van der Waals surface area (Å²) in [6.07, 6.45) is 0.288. The van der Waals surface area contributed by atoms with Crippen LogP contribution in [0.3, 0.4) is 0 Å². The molecular weight excluding hydrogens is 450 g/mol. The highest BCUT2D eigenvalue weighted by atomic mass is 35.5. The lowest BCUT2D eigenvalue weighted by atomic mass is 10.1. The van der Waals surface area contributed by atoms with Crippen LogP contribution in [-0.4, -0.2) is 51.8 Å². The van der Waals surface area contributed by atoms with Crippen molar-refractivity contribution in [2.45, 2.75) is 26.4 Å². The first-order chi connectivity index (χ1) is 15.9. The van der Waals surface area contributed by atoms with Gasteiger partial charge in [-0.2, -0.15) is 0 Å². The lowest BCUT2D eigenvalue weighted by Crippen LogP contribution is -2.34. The number of aromatic nitrogens is 3. The number of hydrogen-bond acceptors (Lipinski definition) is 7. The second-order valence-electron chi connectivity index (χ2n) is 7.53. The Hall–Kier alpha value is -3.66. The van der Waals surface area contributed by atoms with E-state index in [1.807, 2.05) is 0 Å². The Morgan fingerprint density at radius 2 is 2.00 bits per heavy atom. The zero-order valence-corrected chi connectivity index (χ0v) is 18.9. The Morgan fingerprint density at radius 3 is 2.70 bits per heavy atom. The predicted octanol–water partition coefficient (Wildman–Crippen LogP) is 1.83. The Labute approximate surface area is 194 Å². The van der Waals surface area contributed by atoms with E-state index in [0.29, 0.717) is 40.8 Å². The minimum atomic E-state index is -0.427. The van der Waals surface area contributed by atoms with Crippen molar-refractivity contribution >= 4 is 23.4 Å². The molecular formula is C22H22ClN5O5. The van der Waals surface area contributed by atoms with Crippen molar-refractivity contribution in [1.82, 2.24) is 25.1 Å². The highest BCUT2D eigenvalue weighted by Crippen LogP contribution is 2.24. The van der Waals surface area contributed by atoms with Crippen molar-refractivity contribution in [2.24, 2.45) is 0 Å². The van der Waals surface area contributed by atoms with Gasteiger partial charge in [0.1, 0.15) is 22.7 Å². The van der Waals surface area contributed by atoms with Crippen LogP contribution >= 0.6 is 11.6 Å². The van der Waals surface area contributed by atoms with E-state index in [-0.39, 0.29) is 42.3 Å². The fraction of sp³-hybridized carbons (Fsp3) is 0.318. The van der Waals surface area contributed by atoms with Crippen LogP contribution in [0.2, 0.25) is 5.02 Å². The Morgan fingerprint density at radius 1 is 1.21 bits per heavy atom. The number of halogens is 1. The number of carbonyl (C=O) groups is 2. The van der Waals surface area contributed by atoms with Gasteiger partial charge in [-0.3, -0.25) is 14.4 Å². The molecule has 172 valence electrons. The van der Waals surface area contributed by atoms with E-state index in [1.165, 1.54) is 17.7 Å². The van der Waals surface area contributed by atoms with E-state index in [2.05, 4.69) is 20.3 Å². The zero-order valence-electron chi connectivity index (χ0n) is 18.1. The zero-order chi connectivity index (χ0) is 23.5. The molecule has 33 heavy (non-hydrogen) atoms. The largest absolute Gasteiger partial charge is 0.496 e. The number of pyridine rings is 1. The average molecular weight is 472 g/mol. The third-order valence-corrected chi connectivity index (χ3v) is 5.92. The number of rotatable bonds is 5. The van der Waals surface area contributed by atoms with Gasteiger partial charge in [-0.25, -0.2) is 4.63 Å². The second kappa shape index (κ2) is 9.45. The van der Waals surface area contributed by atoms with Crippen LogP contribution < -0.4 is 15.6 Å². The fourth-order valence-electron chi connectivity index (χ4n) is 3.83. The number of aryl methyl sites for hydroxylation is 1. The molecule has 10 nitrogen and oxygen atoms in total. The van der Waals surface area contributed by atoms with E-state index in [1.54, 1.807) is 36.1 Å². The van der Waals surface area contributed by atoms with Gasteiger partial charge >= 0.3 is 0 Å². The smallest absolute Gasteiger partial charge is 0.257 e. The van der Waals surface area contributed by atoms with Gasteiger partial charge in [0.2, 0.25) is 0 Å². The molecule has 0 saturated carbocycles. The summed E-state index contributed by atoms with van der Waals surface area (Å²) in [7, 11) is 1.40. The summed E-state index contributed by atoms with van der Waals surface area (Å²) in [4.78, 5) is 40.6. The number of nitrogens with one attached hydrogen (secondary N) is 1. The van der Waals surface area contributed by atoms with E-state index in [0.717, 1.165) is 0 Å². The highest BCUT2D eigenvalue weighted by Gasteiger charge is 2.27. The summed E-state index contributed by atoms with van der Waals surface area (Å²) < 4.78 is 11.5. The standard InChI is InChI=1S/C22H22ClN5O5/c1-13-16(26-33-25-13)12-24-21(30)20-17-7-8-27(22(31)14-5-3-4-6-15(14)23)9-10-28(17)19(29)11-18(20)32-2/h3-6,11H,7-10,12H2,1-2H3,(H,24,30). The van der Waals surface area contributed by atoms with Gasteiger partial charge in [0.15, 0.2) is 0 Å². The van der Waals surface area contributed by atoms with Gasteiger partial charge in [-0.15, -0.1) is 0 Å². The maximum atomic E-state index is 13.1. The molecule has 0 aliphatic carbocycles. The first kappa shape index (κ1) is 22.5. The molecule has 0 spiro atoms. The van der Waals surface area contributed by atoms with Gasteiger partial charge in [-0.1, -0.05) is 34.0 Å². The summed E-state index contributed by atoms with van der Waals surface area (Å²) in [5, 5.41) is 10.6. The van der Waals surface area contributed by atoms with Crippen molar-refractivity contribution in [3.63, 3.8) is 0 Å². The van der Waals surface area contributed by atoms with Gasteiger partial charge < -0.3 is 19.5 Å². The molecule has 3 heterocycles. The quantitative estimate of drug-likeness (QED) is 0.602. The average Bonchev–Trinajstić information content (AvgIpc) is 3.09. The van der Waals surface area contributed by atoms with Crippen LogP contribution in [0.1, 0.15) is 37.8 Å². The first-order valence-electron chi connectivity index (χ1n) is 10.3. The number of amides is 2. The van der Waals surface area contributed by atoms with Crippen molar-refractivity contribution in [3.05, 3.63) is 73.9 Å². The highest BCUT2D eigenvalue weighted by molar-refractivity contribution is 6.33. The van der Waals surface area contributed by atoms with E-state index in [9.17, 15) is 14.4 Å². The molecule has 2 aromatic heterocycles. The Bertz CT molecular complexity index is 1270. The van der Waals surface area contributed by atoms with Crippen LogP contribution in [-0.2, 0) is 19.5 Å². The molecule has 1 N–H and O–H groups in total. The monoisotopic (exact) mass is 471 g/mol. The minimum absolute atomic E-state index is 0.104. The van der Waals surface area contributed by atoms with Crippen molar-refractivity contribution < 1.29 is 19.0 Å². The van der Waals surface area contributed by atoms with Gasteiger partial charge in [0, 0.05) is 37.8 Å². The number of ether oxygens (including phenoxy) is 1. The number of benzene rings is 1. The maximum Gasteiger partial charge on any atom is 0.257 e. The third kappa shape index (κ3) is 4.47. The van der Waals surface area contributed by atoms with Crippen molar-refractivity contribution in [1.29, 1.82) is 0 Å². The summed E-state index contributed by atoms with van der Waals surface area (Å²) >= 11 is 6.20. The lowest BCUT2D eigenvalue weighted by molar-refractivity contribution is 0.0759. The fourth-order valence-corrected chi connectivity index (χ4v) is 4.04. The number of methoxy groups -OCH3 is 1. The van der Waals surface area contributed by atoms with Crippen LogP contribution in [0, 0.1) is 6.92 Å². The molecule has 3 aromatic rings. The second-order valence-corrected chi connectivity index (χ2v) is 7.93. The maximum absolute atomic E-state index is 13.1. The summed E-state index contributed by atoms with van der Waals surface area (Å²) in [6, 6.07) is 8.11. The molecule has 0 fully saturated rings. The normalized spacial score (nSPS) is 13.2. The predicted molar refractivity (Wildman–Crippen MR) is 119 cm³/mol. The summed E-state index contributed by atoms with van der Waals surface area (Å²) in [5.74, 6) is -0.484. The molecule has 1 aliphatic rings. The van der Waals surface area contributed by atoms with Crippen molar-refractivity contribution in [2.75, 3.05) is 20.2 Å². The van der Waals surface area contributed by atoms with Gasteiger partial charge in [-0.05, 0) is 19.1 Å². The molecule has 1 aromatic carbocycles. The van der Waals surface area contributed by atoms with Crippen molar-refractivity contribution in [3.8, 4) is 5.75 Å². The molecule has 0 saturated heterocycles. The summed E-state index contributed by atoms with van der Waals surface area (Å²) in [5.41, 5.74) is 1.91. The van der Waals surface area contributed by atoms with Crippen LogP contribution in [0.4, 0.5) is 0 Å². The van der Waals surface area contributed by atoms with E-state index in [4.69, 9.17) is 16.3 Å². The van der Waals surface area contributed by atoms with Gasteiger partial charge in [0.05, 0.1) is 24.2 Å². The molecule has 0 radical (unpaired) electrons. The number of fused-ring (bicyclic) bond motifs is 1. The van der Waals surface area contributed by atoms with Crippen LogP contribution in [0.15, 0.2) is 39.8 Å². The molecule has 0 atom stereocenters. The first-order valence-corrected chi connectivity index (χ1v) is 10.7. The topological polar surface area (TPSA) is 120 Å². The molecule has 0 bridgehead atoms. The molecule has 1 aliphatic heterocycles. The third-order valence-electron chi connectivity index (χ3n) is 5.59. The Kier molecular flexibility index (Phi) is 6.45. The number of carbonyl (C=O) groups excluding carboxylic acids is 2. The van der Waals surface area contributed by atoms with E-state index >= 15 is 0 Å². The molecule has 0 unspecified atom stereocenters. The SMILES string of the molecule is COc1cc(=O)n2c(c1C(=O)NCc1nonc1C)CCN(C(=O)c1ccccc1Cl)CC2. The van der Waals surface area contributed by atoms with Gasteiger partial charge in [0.25, 0.3) is 17.4 Å². The van der Waals surface area contributed by atoms with Crippen LogP contribution in [0.5, 0.6) is 5.75 Å². The molecule has 11 heteroatoms. The molecule has 2 amide bonds. The number of nitrogens with zero attached hydrogens (tertiary/aromatic N) is 4. The van der Waals surface area contributed by atoms with E-state index < -0.39 is 5.91 Å².